The van der Waals surface area contributed by atoms with E-state index in [4.69, 9.17) is 9.72 Å². The minimum Gasteiger partial charge on any atom is -0.491 e. The molecule has 0 aliphatic rings. The van der Waals surface area contributed by atoms with Gasteiger partial charge in [-0.05, 0) is 55.3 Å². The normalized spacial score (nSPS) is 11.1. The number of hydrogen-bond donors (Lipinski definition) is 0. The van der Waals surface area contributed by atoms with Crippen LogP contribution in [0, 0.1) is 13.8 Å². The quantitative estimate of drug-likeness (QED) is 0.386. The van der Waals surface area contributed by atoms with Crippen LogP contribution in [0.3, 0.4) is 0 Å². The molecule has 0 aliphatic heterocycles. The molecule has 0 fully saturated rings. The van der Waals surface area contributed by atoms with Crippen molar-refractivity contribution in [1.82, 2.24) is 9.55 Å². The number of hydrogen-bond acceptors (Lipinski definition) is 2. The van der Waals surface area contributed by atoms with Crippen LogP contribution >= 0.6 is 15.9 Å². The highest BCUT2D eigenvalue weighted by molar-refractivity contribution is 9.10. The zero-order valence-corrected chi connectivity index (χ0v) is 17.0. The highest BCUT2D eigenvalue weighted by Gasteiger charge is 2.13. The molecule has 1 heterocycles. The number of aryl methyl sites for hydroxylation is 1. The minimum absolute atomic E-state index is 0.589. The second-order valence-electron chi connectivity index (χ2n) is 6.63. The molecule has 0 N–H and O–H groups in total. The molecular weight excluding hydrogens is 400 g/mol. The Morgan fingerprint density at radius 2 is 1.78 bits per heavy atom. The topological polar surface area (TPSA) is 27.1 Å². The number of ether oxygens (including phenoxy) is 1. The molecule has 0 saturated heterocycles. The summed E-state index contributed by atoms with van der Waals surface area (Å²) in [5.74, 6) is 1.91. The number of rotatable bonds is 5. The van der Waals surface area contributed by atoms with Crippen molar-refractivity contribution >= 4 is 27.0 Å². The van der Waals surface area contributed by atoms with Crippen LogP contribution < -0.4 is 4.74 Å². The average molecular weight is 421 g/mol. The molecule has 4 aromatic rings. The predicted octanol–water partition coefficient (Wildman–Crippen LogP) is 6.16. The molecule has 3 aromatic carbocycles. The fourth-order valence-electron chi connectivity index (χ4n) is 3.28. The fraction of sp³-hybridized carbons (Fsp3) is 0.174. The Morgan fingerprint density at radius 1 is 0.963 bits per heavy atom. The molecule has 0 bridgehead atoms. The Hall–Kier alpha value is -2.59. The van der Waals surface area contributed by atoms with Crippen LogP contribution in [0.15, 0.2) is 71.2 Å². The van der Waals surface area contributed by atoms with Crippen molar-refractivity contribution in [3.05, 3.63) is 82.3 Å². The highest BCUT2D eigenvalue weighted by Crippen LogP contribution is 2.27. The molecule has 4 rings (SSSR count). The van der Waals surface area contributed by atoms with Gasteiger partial charge in [0.25, 0.3) is 0 Å². The smallest absolute Gasteiger partial charge is 0.141 e. The number of fused-ring (bicyclic) bond motifs is 1. The SMILES string of the molecule is Cc1cccc(OCCn2c(-c3cccc(Br)c3)nc3ccccc32)c1C. The molecule has 136 valence electrons. The summed E-state index contributed by atoms with van der Waals surface area (Å²) < 4.78 is 9.38. The molecule has 3 nitrogen and oxygen atoms in total. The molecule has 0 atom stereocenters. The van der Waals surface area contributed by atoms with Crippen LogP contribution in [0.25, 0.3) is 22.4 Å². The number of nitrogens with zero attached hydrogens (tertiary/aromatic N) is 2. The van der Waals surface area contributed by atoms with Gasteiger partial charge in [-0.1, -0.05) is 52.3 Å². The lowest BCUT2D eigenvalue weighted by Crippen LogP contribution is -2.10. The van der Waals surface area contributed by atoms with Gasteiger partial charge in [-0.15, -0.1) is 0 Å². The van der Waals surface area contributed by atoms with E-state index in [1.807, 2.05) is 30.3 Å². The first-order chi connectivity index (χ1) is 13.1. The van der Waals surface area contributed by atoms with E-state index in [-0.39, 0.29) is 0 Å². The summed E-state index contributed by atoms with van der Waals surface area (Å²) in [5.41, 5.74) is 5.65. The van der Waals surface area contributed by atoms with Crippen molar-refractivity contribution in [2.45, 2.75) is 20.4 Å². The van der Waals surface area contributed by atoms with E-state index in [0.717, 1.165) is 39.2 Å². The van der Waals surface area contributed by atoms with E-state index >= 15 is 0 Å². The molecule has 4 heteroatoms. The number of aromatic nitrogens is 2. The third-order valence-corrected chi connectivity index (χ3v) is 5.36. The van der Waals surface area contributed by atoms with Crippen LogP contribution in [0.5, 0.6) is 5.75 Å². The van der Waals surface area contributed by atoms with Crippen LogP contribution in [0.2, 0.25) is 0 Å². The van der Waals surface area contributed by atoms with E-state index < -0.39 is 0 Å². The van der Waals surface area contributed by atoms with Crippen LogP contribution in [-0.2, 0) is 6.54 Å². The maximum Gasteiger partial charge on any atom is 0.141 e. The van der Waals surface area contributed by atoms with Crippen molar-refractivity contribution in [3.63, 3.8) is 0 Å². The van der Waals surface area contributed by atoms with Crippen molar-refractivity contribution < 1.29 is 4.74 Å². The van der Waals surface area contributed by atoms with Gasteiger partial charge in [0.2, 0.25) is 0 Å². The molecular formula is C23H21BrN2O. The molecule has 0 saturated carbocycles. The van der Waals surface area contributed by atoms with Gasteiger partial charge < -0.3 is 9.30 Å². The summed E-state index contributed by atoms with van der Waals surface area (Å²) in [7, 11) is 0. The lowest BCUT2D eigenvalue weighted by Gasteiger charge is -2.13. The lowest BCUT2D eigenvalue weighted by atomic mass is 10.1. The van der Waals surface area contributed by atoms with Gasteiger partial charge in [0.05, 0.1) is 17.6 Å². The van der Waals surface area contributed by atoms with Crippen molar-refractivity contribution in [2.24, 2.45) is 0 Å². The predicted molar refractivity (Wildman–Crippen MR) is 114 cm³/mol. The standard InChI is InChI=1S/C23H21BrN2O/c1-16-7-5-12-22(17(16)2)27-14-13-26-21-11-4-3-10-20(21)25-23(26)18-8-6-9-19(24)15-18/h3-12,15H,13-14H2,1-2H3. The Kier molecular flexibility index (Phi) is 4.99. The monoisotopic (exact) mass is 420 g/mol. The second-order valence-corrected chi connectivity index (χ2v) is 7.55. The summed E-state index contributed by atoms with van der Waals surface area (Å²) in [5, 5.41) is 0. The average Bonchev–Trinajstić information content (AvgIpc) is 3.04. The highest BCUT2D eigenvalue weighted by atomic mass is 79.9. The molecule has 0 radical (unpaired) electrons. The van der Waals surface area contributed by atoms with Gasteiger partial charge in [0.1, 0.15) is 18.2 Å². The molecule has 0 aliphatic carbocycles. The first-order valence-electron chi connectivity index (χ1n) is 9.04. The second kappa shape index (κ2) is 7.57. The summed E-state index contributed by atoms with van der Waals surface area (Å²) >= 11 is 3.56. The Morgan fingerprint density at radius 3 is 2.63 bits per heavy atom. The van der Waals surface area contributed by atoms with E-state index in [1.165, 1.54) is 11.1 Å². The van der Waals surface area contributed by atoms with Gasteiger partial charge in [0, 0.05) is 10.0 Å². The van der Waals surface area contributed by atoms with Gasteiger partial charge in [-0.25, -0.2) is 4.98 Å². The first kappa shape index (κ1) is 17.8. The van der Waals surface area contributed by atoms with Crippen LogP contribution in [0.4, 0.5) is 0 Å². The largest absolute Gasteiger partial charge is 0.491 e. The van der Waals surface area contributed by atoms with E-state index in [9.17, 15) is 0 Å². The summed E-state index contributed by atoms with van der Waals surface area (Å²) in [4.78, 5) is 4.87. The van der Waals surface area contributed by atoms with Crippen molar-refractivity contribution in [3.8, 4) is 17.1 Å². The van der Waals surface area contributed by atoms with Gasteiger partial charge in [-0.2, -0.15) is 0 Å². The van der Waals surface area contributed by atoms with Gasteiger partial charge >= 0.3 is 0 Å². The zero-order valence-electron chi connectivity index (χ0n) is 15.4. The Labute approximate surface area is 167 Å². The third-order valence-electron chi connectivity index (χ3n) is 4.86. The lowest BCUT2D eigenvalue weighted by molar-refractivity contribution is 0.298. The molecule has 27 heavy (non-hydrogen) atoms. The van der Waals surface area contributed by atoms with Gasteiger partial charge in [-0.3, -0.25) is 0 Å². The Bertz CT molecular complexity index is 1100. The maximum absolute atomic E-state index is 6.10. The van der Waals surface area contributed by atoms with Gasteiger partial charge in [0.15, 0.2) is 0 Å². The third kappa shape index (κ3) is 3.62. The summed E-state index contributed by atoms with van der Waals surface area (Å²) in [6.07, 6.45) is 0. The number of para-hydroxylation sites is 2. The van der Waals surface area contributed by atoms with Crippen molar-refractivity contribution in [2.75, 3.05) is 6.61 Å². The number of imidazole rings is 1. The summed E-state index contributed by atoms with van der Waals surface area (Å²) in [6, 6.07) is 22.7. The fourth-order valence-corrected chi connectivity index (χ4v) is 3.68. The van der Waals surface area contributed by atoms with E-state index in [1.54, 1.807) is 0 Å². The summed E-state index contributed by atoms with van der Waals surface area (Å²) in [6.45, 7) is 5.53. The zero-order chi connectivity index (χ0) is 18.8. The molecule has 1 aromatic heterocycles. The van der Waals surface area contributed by atoms with E-state index in [2.05, 4.69) is 70.7 Å². The minimum atomic E-state index is 0.589. The number of halogens is 1. The van der Waals surface area contributed by atoms with E-state index in [0.29, 0.717) is 6.61 Å². The first-order valence-corrected chi connectivity index (χ1v) is 9.83. The van der Waals surface area contributed by atoms with Crippen LogP contribution in [-0.4, -0.2) is 16.2 Å². The maximum atomic E-state index is 6.10. The van der Waals surface area contributed by atoms with Crippen LogP contribution in [0.1, 0.15) is 11.1 Å². The number of benzene rings is 3. The molecule has 0 unspecified atom stereocenters. The molecule has 0 amide bonds. The van der Waals surface area contributed by atoms with Crippen molar-refractivity contribution in [1.29, 1.82) is 0 Å². The Balaban J connectivity index is 1.66. The molecule has 0 spiro atoms.